The summed E-state index contributed by atoms with van der Waals surface area (Å²) in [6.07, 6.45) is 1.86. The van der Waals surface area contributed by atoms with Crippen LogP contribution in [0.1, 0.15) is 24.3 Å². The maximum atomic E-state index is 14.3. The average molecular weight is 684 g/mol. The van der Waals surface area contributed by atoms with E-state index in [1.165, 1.54) is 29.2 Å². The molecule has 0 aromatic heterocycles. The van der Waals surface area contributed by atoms with Crippen LogP contribution >= 0.6 is 39.1 Å². The van der Waals surface area contributed by atoms with E-state index in [9.17, 15) is 28.7 Å². The fraction of sp³-hybridized carbons (Fsp3) is 0.250. The van der Waals surface area contributed by atoms with Crippen molar-refractivity contribution in [3.63, 3.8) is 0 Å². The van der Waals surface area contributed by atoms with Crippen molar-refractivity contribution in [2.24, 2.45) is 17.8 Å². The van der Waals surface area contributed by atoms with E-state index in [-0.39, 0.29) is 30.2 Å². The quantitative estimate of drug-likeness (QED) is 0.206. The highest BCUT2D eigenvalue weighted by molar-refractivity contribution is 9.10. The summed E-state index contributed by atoms with van der Waals surface area (Å²) in [5, 5.41) is 10.4. The van der Waals surface area contributed by atoms with E-state index in [0.29, 0.717) is 16.8 Å². The Labute approximate surface area is 264 Å². The molecule has 43 heavy (non-hydrogen) atoms. The number of imide groups is 2. The molecule has 7 nitrogen and oxygen atoms in total. The van der Waals surface area contributed by atoms with Gasteiger partial charge in [-0.2, -0.15) is 0 Å². The van der Waals surface area contributed by atoms with E-state index in [1.807, 2.05) is 6.08 Å². The predicted molar refractivity (Wildman–Crippen MR) is 161 cm³/mol. The number of halogens is 4. The number of phenols is 1. The van der Waals surface area contributed by atoms with Crippen LogP contribution < -0.4 is 9.80 Å². The molecule has 4 amide bonds. The minimum atomic E-state index is -2.06. The number of alkyl halides is 2. The minimum Gasteiger partial charge on any atom is -0.508 e. The smallest absolute Gasteiger partial charge is 0.258 e. The third-order valence-corrected chi connectivity index (χ3v) is 11.1. The summed E-state index contributed by atoms with van der Waals surface area (Å²) in [6, 6.07) is 17.9. The Balaban J connectivity index is 1.39. The van der Waals surface area contributed by atoms with Crippen molar-refractivity contribution in [1.82, 2.24) is 0 Å². The summed E-state index contributed by atoms with van der Waals surface area (Å²) >= 11 is 18.0. The SMILES string of the molecule is O=C1C2CC=C3C(CC4(Cl)C(=O)N(c5ccc(F)cc5)C(=O)C4(Cl)C3c3cccc(O)c3)C2C(=O)N1c1ccc(Br)cc1. The lowest BCUT2D eigenvalue weighted by Crippen LogP contribution is -2.60. The molecule has 0 radical (unpaired) electrons. The van der Waals surface area contributed by atoms with Crippen LogP contribution in [0.15, 0.2) is 88.9 Å². The van der Waals surface area contributed by atoms with Crippen molar-refractivity contribution in [2.75, 3.05) is 9.80 Å². The minimum absolute atomic E-state index is 0.0879. The van der Waals surface area contributed by atoms with Crippen LogP contribution in [-0.2, 0) is 19.2 Å². The molecule has 0 spiro atoms. The molecule has 3 aromatic carbocycles. The highest BCUT2D eigenvalue weighted by atomic mass is 79.9. The van der Waals surface area contributed by atoms with Crippen molar-refractivity contribution in [3.8, 4) is 5.75 Å². The first-order chi connectivity index (χ1) is 20.5. The van der Waals surface area contributed by atoms with E-state index in [4.69, 9.17) is 23.2 Å². The van der Waals surface area contributed by atoms with Crippen molar-refractivity contribution < 1.29 is 28.7 Å². The number of benzene rings is 3. The molecule has 2 saturated heterocycles. The molecular weight excluding hydrogens is 662 g/mol. The second-order valence-corrected chi connectivity index (χ2v) is 13.5. The number of nitrogens with zero attached hydrogens (tertiary/aromatic N) is 2. The third kappa shape index (κ3) is 3.84. The van der Waals surface area contributed by atoms with Crippen LogP contribution in [0.2, 0.25) is 0 Å². The monoisotopic (exact) mass is 682 g/mol. The molecule has 1 saturated carbocycles. The molecule has 7 rings (SSSR count). The van der Waals surface area contributed by atoms with Crippen molar-refractivity contribution in [2.45, 2.75) is 28.5 Å². The van der Waals surface area contributed by atoms with Gasteiger partial charge in [0.15, 0.2) is 9.75 Å². The van der Waals surface area contributed by atoms with Gasteiger partial charge in [-0.15, -0.1) is 23.2 Å². The topological polar surface area (TPSA) is 95.0 Å². The zero-order chi connectivity index (χ0) is 30.4. The first kappa shape index (κ1) is 28.3. The Morgan fingerprint density at radius 2 is 1.49 bits per heavy atom. The Morgan fingerprint density at radius 3 is 2.16 bits per heavy atom. The molecule has 6 atom stereocenters. The van der Waals surface area contributed by atoms with Gasteiger partial charge < -0.3 is 5.11 Å². The normalized spacial score (nSPS) is 31.6. The fourth-order valence-electron chi connectivity index (χ4n) is 7.32. The Kier molecular flexibility index (Phi) is 6.40. The second kappa shape index (κ2) is 9.74. The number of aromatic hydroxyl groups is 1. The summed E-state index contributed by atoms with van der Waals surface area (Å²) in [5.41, 5.74) is 1.57. The van der Waals surface area contributed by atoms with Gasteiger partial charge in [-0.1, -0.05) is 39.7 Å². The largest absolute Gasteiger partial charge is 0.508 e. The van der Waals surface area contributed by atoms with Gasteiger partial charge in [0, 0.05) is 10.4 Å². The maximum Gasteiger partial charge on any atom is 0.258 e. The average Bonchev–Trinajstić information content (AvgIpc) is 3.32. The van der Waals surface area contributed by atoms with Crippen LogP contribution in [0.25, 0.3) is 0 Å². The zero-order valence-electron chi connectivity index (χ0n) is 22.2. The lowest BCUT2D eigenvalue weighted by molar-refractivity contribution is -0.125. The Bertz CT molecular complexity index is 1770. The first-order valence-electron chi connectivity index (χ1n) is 13.6. The fourth-order valence-corrected chi connectivity index (χ4v) is 8.52. The first-order valence-corrected chi connectivity index (χ1v) is 15.2. The highest BCUT2D eigenvalue weighted by Gasteiger charge is 2.76. The molecule has 218 valence electrons. The number of carbonyl (C=O) groups is 4. The molecule has 11 heteroatoms. The summed E-state index contributed by atoms with van der Waals surface area (Å²) in [7, 11) is 0. The summed E-state index contributed by atoms with van der Waals surface area (Å²) in [5.74, 6) is -6.28. The standard InChI is InChI=1S/C32H22BrCl2FN2O5/c33-17-4-8-19(9-5-17)37-27(40)23-13-12-22-24(25(23)28(37)41)15-31(34)29(42)38(20-10-6-18(36)7-11-20)30(43)32(31,35)26(22)16-2-1-3-21(39)14-16/h1-12,14,23-26,39H,13,15H2. The molecular formula is C32H22BrCl2FN2O5. The molecule has 2 aliphatic carbocycles. The molecule has 0 bridgehead atoms. The zero-order valence-corrected chi connectivity index (χ0v) is 25.3. The van der Waals surface area contributed by atoms with Crippen LogP contribution in [0.3, 0.4) is 0 Å². The maximum absolute atomic E-state index is 14.3. The Morgan fingerprint density at radius 1 is 0.837 bits per heavy atom. The predicted octanol–water partition coefficient (Wildman–Crippen LogP) is 6.06. The summed E-state index contributed by atoms with van der Waals surface area (Å²) < 4.78 is 14.6. The van der Waals surface area contributed by atoms with Crippen molar-refractivity contribution >= 4 is 74.1 Å². The van der Waals surface area contributed by atoms with Crippen LogP contribution in [0.5, 0.6) is 5.75 Å². The molecule has 2 aliphatic heterocycles. The third-order valence-electron chi connectivity index (χ3n) is 9.18. The van der Waals surface area contributed by atoms with Gasteiger partial charge in [0.1, 0.15) is 11.6 Å². The highest BCUT2D eigenvalue weighted by Crippen LogP contribution is 2.66. The molecule has 3 aromatic rings. The number of amides is 4. The number of fused-ring (bicyclic) bond motifs is 4. The van der Waals surface area contributed by atoms with Crippen LogP contribution in [0, 0.1) is 23.6 Å². The number of allylic oxidation sites excluding steroid dienone is 2. The van der Waals surface area contributed by atoms with E-state index in [0.717, 1.165) is 21.5 Å². The van der Waals surface area contributed by atoms with E-state index < -0.39 is 57.0 Å². The lowest BCUT2D eigenvalue weighted by atomic mass is 9.56. The number of hydrogen-bond acceptors (Lipinski definition) is 5. The summed E-state index contributed by atoms with van der Waals surface area (Å²) in [6.45, 7) is 0. The van der Waals surface area contributed by atoms with Crippen molar-refractivity contribution in [3.05, 3.63) is 100 Å². The molecule has 3 fully saturated rings. The number of carbonyl (C=O) groups excluding carboxylic acids is 4. The summed E-state index contributed by atoms with van der Waals surface area (Å²) in [4.78, 5) is 54.2. The Hall–Kier alpha value is -3.53. The number of phenolic OH excluding ortho intramolecular Hbond substituents is 1. The van der Waals surface area contributed by atoms with E-state index >= 15 is 0 Å². The van der Waals surface area contributed by atoms with E-state index in [2.05, 4.69) is 15.9 Å². The van der Waals surface area contributed by atoms with Gasteiger partial charge in [-0.3, -0.25) is 24.1 Å². The number of anilines is 2. The molecule has 4 aliphatic rings. The number of hydrogen-bond donors (Lipinski definition) is 1. The van der Waals surface area contributed by atoms with Crippen LogP contribution in [-0.4, -0.2) is 38.5 Å². The van der Waals surface area contributed by atoms with Gasteiger partial charge in [0.2, 0.25) is 11.8 Å². The van der Waals surface area contributed by atoms with Gasteiger partial charge in [-0.05, 0) is 85.0 Å². The molecule has 1 N–H and O–H groups in total. The second-order valence-electron chi connectivity index (χ2n) is 11.3. The van der Waals surface area contributed by atoms with Crippen molar-refractivity contribution in [1.29, 1.82) is 0 Å². The lowest BCUT2D eigenvalue weighted by Gasteiger charge is -2.50. The van der Waals surface area contributed by atoms with Crippen LogP contribution in [0.4, 0.5) is 15.8 Å². The van der Waals surface area contributed by atoms with E-state index in [1.54, 1.807) is 36.4 Å². The van der Waals surface area contributed by atoms with Gasteiger partial charge >= 0.3 is 0 Å². The number of rotatable bonds is 3. The molecule has 6 unspecified atom stereocenters. The van der Waals surface area contributed by atoms with Gasteiger partial charge in [0.05, 0.1) is 23.2 Å². The van der Waals surface area contributed by atoms with Gasteiger partial charge in [-0.25, -0.2) is 9.29 Å². The van der Waals surface area contributed by atoms with Gasteiger partial charge in [0.25, 0.3) is 11.8 Å². The molecule has 2 heterocycles.